The van der Waals surface area contributed by atoms with E-state index < -0.39 is 83.6 Å². The number of nitrogens with zero attached hydrogens (tertiary/aromatic N) is 2. The van der Waals surface area contributed by atoms with Gasteiger partial charge in [-0.15, -0.1) is 20.2 Å². The largest absolute Gasteiger partial charge is 0.463 e. The predicted octanol–water partition coefficient (Wildman–Crippen LogP) is -0.798. The molecule has 0 radical (unpaired) electrons. The summed E-state index contributed by atoms with van der Waals surface area (Å²) in [5.41, 5.74) is -1.02. The van der Waals surface area contributed by atoms with Crippen molar-refractivity contribution in [2.45, 2.75) is 30.5 Å². The minimum atomic E-state index is -1.90. The molecule has 0 unspecified atom stereocenters. The van der Waals surface area contributed by atoms with Gasteiger partial charge in [0.15, 0.2) is 13.2 Å². The zero-order chi connectivity index (χ0) is 32.1. The van der Waals surface area contributed by atoms with Crippen LogP contribution in [0.25, 0.3) is 22.1 Å². The van der Waals surface area contributed by atoms with Crippen LogP contribution in [0, 0.1) is 20.2 Å². The van der Waals surface area contributed by atoms with Gasteiger partial charge in [0.1, 0.15) is 53.9 Å². The Morgan fingerprint density at radius 3 is 2.07 bits per heavy atom. The number of ether oxygens (including phenoxy) is 3. The number of carbonyl (C=O) groups excluding carboxylic acids is 2. The van der Waals surface area contributed by atoms with Gasteiger partial charge in [0.25, 0.3) is 10.2 Å². The summed E-state index contributed by atoms with van der Waals surface area (Å²) in [7, 11) is 0. The third-order valence-electron chi connectivity index (χ3n) is 6.31. The highest BCUT2D eigenvalue weighted by molar-refractivity contribution is 5.87. The molecule has 0 aliphatic carbocycles. The van der Waals surface area contributed by atoms with Gasteiger partial charge in [-0.2, -0.15) is 0 Å². The molecule has 5 atom stereocenters. The van der Waals surface area contributed by atoms with Crippen molar-refractivity contribution in [1.82, 2.24) is 0 Å². The van der Waals surface area contributed by atoms with E-state index in [0.717, 1.165) is 12.3 Å². The van der Waals surface area contributed by atoms with Crippen molar-refractivity contribution in [2.24, 2.45) is 0 Å². The lowest BCUT2D eigenvalue weighted by Gasteiger charge is -2.40. The monoisotopic (exact) mass is 622 g/mol. The average Bonchev–Trinajstić information content (AvgIpc) is 2.99. The molecule has 0 bridgehead atoms. The fourth-order valence-corrected chi connectivity index (χ4v) is 4.33. The first-order chi connectivity index (χ1) is 20.9. The minimum absolute atomic E-state index is 0.0176. The summed E-state index contributed by atoms with van der Waals surface area (Å²) in [6, 6.07) is 7.61. The first-order valence-corrected chi connectivity index (χ1v) is 12.4. The summed E-state index contributed by atoms with van der Waals surface area (Å²) >= 11 is 0. The molecule has 1 aliphatic rings. The fourth-order valence-electron chi connectivity index (χ4n) is 4.33. The molecule has 1 fully saturated rings. The molecule has 4 N–H and O–H groups in total. The first-order valence-electron chi connectivity index (χ1n) is 12.4. The van der Waals surface area contributed by atoms with E-state index >= 15 is 0 Å². The number of fused-ring (bicyclic) bond motifs is 1. The second-order valence-electron chi connectivity index (χ2n) is 9.05. The van der Waals surface area contributed by atoms with Crippen molar-refractivity contribution in [2.75, 3.05) is 19.8 Å². The zero-order valence-corrected chi connectivity index (χ0v) is 22.0. The van der Waals surface area contributed by atoms with Crippen LogP contribution in [-0.4, -0.2) is 86.8 Å². The highest BCUT2D eigenvalue weighted by atomic mass is 17.0. The van der Waals surface area contributed by atoms with E-state index in [-0.39, 0.29) is 33.4 Å². The first kappa shape index (κ1) is 31.7. The number of rotatable bonds is 11. The van der Waals surface area contributed by atoms with Gasteiger partial charge in [0.2, 0.25) is 5.43 Å². The number of hydrogen-bond acceptors (Lipinski definition) is 17. The van der Waals surface area contributed by atoms with Crippen LogP contribution in [0.15, 0.2) is 51.9 Å². The topological polar surface area (TPSA) is 278 Å². The highest BCUT2D eigenvalue weighted by Crippen LogP contribution is 2.41. The maximum absolute atomic E-state index is 13.5. The molecule has 0 amide bonds. The Kier molecular flexibility index (Phi) is 9.66. The smallest absolute Gasteiger partial charge is 0.337 e. The van der Waals surface area contributed by atoms with E-state index in [2.05, 4.69) is 9.68 Å². The molecular weight excluding hydrogens is 600 g/mol. The number of carbonyl (C=O) groups is 2. The second kappa shape index (κ2) is 13.4. The van der Waals surface area contributed by atoms with Gasteiger partial charge in [-0.1, -0.05) is 12.1 Å². The lowest BCUT2D eigenvalue weighted by Crippen LogP contribution is -2.55. The SMILES string of the molecule is O=C(CO[N+](=O)[O-])Oc1ccc(-c2coc3c([C@@H]4O[C@H](CO)[C@@H](O)[C@H](O)[C@H]4O)c(OC(=O)CO[N+](=O)[O-])ccc3c2=O)cc1. The summed E-state index contributed by atoms with van der Waals surface area (Å²) < 4.78 is 21.4. The maximum atomic E-state index is 13.5. The van der Waals surface area contributed by atoms with Crippen LogP contribution in [0.2, 0.25) is 0 Å². The summed E-state index contributed by atoms with van der Waals surface area (Å²) in [5.74, 6) is -2.76. The van der Waals surface area contributed by atoms with Gasteiger partial charge in [-0.25, -0.2) is 9.59 Å². The lowest BCUT2D eigenvalue weighted by molar-refractivity contribution is -0.754. The fraction of sp³-hybridized carbons (Fsp3) is 0.320. The van der Waals surface area contributed by atoms with Crippen LogP contribution < -0.4 is 14.9 Å². The molecule has 1 aliphatic heterocycles. The van der Waals surface area contributed by atoms with Crippen LogP contribution >= 0.6 is 0 Å². The summed E-state index contributed by atoms with van der Waals surface area (Å²) in [6.07, 6.45) is -7.57. The Hall–Kier alpha value is -5.21. The Morgan fingerprint density at radius 1 is 0.864 bits per heavy atom. The number of aliphatic hydroxyl groups excluding tert-OH is 4. The third kappa shape index (κ3) is 6.88. The van der Waals surface area contributed by atoms with Gasteiger partial charge in [-0.3, -0.25) is 4.79 Å². The Labute approximate surface area is 243 Å². The zero-order valence-electron chi connectivity index (χ0n) is 22.0. The molecule has 0 spiro atoms. The molecule has 2 aromatic carbocycles. The number of hydrogen-bond donors (Lipinski definition) is 4. The van der Waals surface area contributed by atoms with Gasteiger partial charge in [-0.05, 0) is 29.8 Å². The minimum Gasteiger partial charge on any atom is -0.463 e. The Bertz CT molecular complexity index is 1620. The van der Waals surface area contributed by atoms with Crippen LogP contribution in [0.5, 0.6) is 11.5 Å². The Balaban J connectivity index is 1.74. The van der Waals surface area contributed by atoms with E-state index in [1.807, 2.05) is 0 Å². The number of esters is 2. The van der Waals surface area contributed by atoms with Crippen LogP contribution in [0.3, 0.4) is 0 Å². The van der Waals surface area contributed by atoms with Gasteiger partial charge >= 0.3 is 11.9 Å². The van der Waals surface area contributed by atoms with Crippen molar-refractivity contribution in [3.63, 3.8) is 0 Å². The van der Waals surface area contributed by atoms with E-state index in [9.17, 15) is 55.0 Å². The van der Waals surface area contributed by atoms with Gasteiger partial charge < -0.3 is 48.7 Å². The van der Waals surface area contributed by atoms with Crippen molar-refractivity contribution in [3.05, 3.63) is 78.7 Å². The molecule has 4 rings (SSSR count). The molecule has 1 saturated heterocycles. The molecule has 44 heavy (non-hydrogen) atoms. The predicted molar refractivity (Wildman–Crippen MR) is 138 cm³/mol. The van der Waals surface area contributed by atoms with Crippen molar-refractivity contribution in [1.29, 1.82) is 0 Å². The van der Waals surface area contributed by atoms with Crippen molar-refractivity contribution < 1.29 is 68.5 Å². The normalized spacial score (nSPS) is 21.3. The molecule has 19 nitrogen and oxygen atoms in total. The van der Waals surface area contributed by atoms with E-state index in [4.69, 9.17) is 18.6 Å². The number of benzene rings is 2. The molecule has 19 heteroatoms. The van der Waals surface area contributed by atoms with Crippen LogP contribution in [0.4, 0.5) is 0 Å². The molecular formula is C25H22N2O17. The summed E-state index contributed by atoms with van der Waals surface area (Å²) in [6.45, 7) is -2.88. The second-order valence-corrected chi connectivity index (χ2v) is 9.05. The molecule has 234 valence electrons. The summed E-state index contributed by atoms with van der Waals surface area (Å²) in [4.78, 5) is 66.0. The molecule has 0 saturated carbocycles. The average molecular weight is 622 g/mol. The summed E-state index contributed by atoms with van der Waals surface area (Å²) in [5, 5.41) is 59.1. The quantitative estimate of drug-likeness (QED) is 0.0881. The molecule has 3 aromatic rings. The van der Waals surface area contributed by atoms with Crippen molar-refractivity contribution in [3.8, 4) is 22.6 Å². The standard InChI is InChI=1S/C25H22N2O17/c28-7-16-21(32)22(33)23(34)25(44-16)19-15(43-18(30)10-41-27(37)38)6-5-13-20(31)14(8-39-24(13)19)11-1-3-12(4-2-11)42-17(29)9-40-26(35)36/h1-6,8,16,21-23,25,28,32-34H,7,9-10H2/t16-,21-,22+,23-,25+/m1/s1. The van der Waals surface area contributed by atoms with Crippen LogP contribution in [0.1, 0.15) is 11.7 Å². The molecule has 2 heterocycles. The van der Waals surface area contributed by atoms with Gasteiger partial charge in [0.05, 0.1) is 23.1 Å². The van der Waals surface area contributed by atoms with E-state index in [1.165, 1.54) is 30.3 Å². The molecule has 1 aromatic heterocycles. The van der Waals surface area contributed by atoms with E-state index in [1.54, 1.807) is 0 Å². The van der Waals surface area contributed by atoms with Crippen LogP contribution in [-0.2, 0) is 24.0 Å². The van der Waals surface area contributed by atoms with Gasteiger partial charge in [0, 0.05) is 0 Å². The van der Waals surface area contributed by atoms with E-state index in [0.29, 0.717) is 0 Å². The Morgan fingerprint density at radius 2 is 1.48 bits per heavy atom. The number of aliphatic hydroxyl groups is 4. The highest BCUT2D eigenvalue weighted by Gasteiger charge is 2.46. The lowest BCUT2D eigenvalue weighted by atomic mass is 9.89. The van der Waals surface area contributed by atoms with Crippen molar-refractivity contribution >= 4 is 22.9 Å². The third-order valence-corrected chi connectivity index (χ3v) is 6.31. The maximum Gasteiger partial charge on any atom is 0.337 e.